The fourth-order valence-electron chi connectivity index (χ4n) is 0.365. The van der Waals surface area contributed by atoms with Gasteiger partial charge in [0.25, 0.3) is 0 Å². The predicted molar refractivity (Wildman–Crippen MR) is 20.0 cm³/mol. The van der Waals surface area contributed by atoms with E-state index >= 15 is 0 Å². The van der Waals surface area contributed by atoms with Gasteiger partial charge in [-0.25, -0.2) is 4.39 Å². The molecule has 2 heteroatoms. The van der Waals surface area contributed by atoms with Crippen LogP contribution in [0.3, 0.4) is 0 Å². The van der Waals surface area contributed by atoms with Crippen molar-refractivity contribution in [3.8, 4) is 0 Å². The third-order valence-corrected chi connectivity index (χ3v) is 0.663. The molecule has 1 heterocycles. The van der Waals surface area contributed by atoms with Crippen molar-refractivity contribution >= 4 is 0 Å². The van der Waals surface area contributed by atoms with Crippen LogP contribution >= 0.6 is 0 Å². The molecule has 0 fully saturated rings. The van der Waals surface area contributed by atoms with E-state index in [9.17, 15) is 4.39 Å². The molecule has 0 bridgehead atoms. The first kappa shape index (κ1) is 3.81. The van der Waals surface area contributed by atoms with Gasteiger partial charge in [0, 0.05) is 0 Å². The second-order valence-electron chi connectivity index (χ2n) is 1.17. The average Bonchev–Trinajstić information content (AvgIpc) is 1.86. The Morgan fingerprint density at radius 1 is 1.83 bits per heavy atom. The van der Waals surface area contributed by atoms with Gasteiger partial charge in [-0.2, -0.15) is 0 Å². The maximum absolute atomic E-state index is 11.7. The van der Waals surface area contributed by atoms with E-state index in [1.807, 2.05) is 0 Å². The van der Waals surface area contributed by atoms with Gasteiger partial charge in [-0.3, -0.25) is 0 Å². The number of hydrogen-bond donors (Lipinski definition) is 0. The van der Waals surface area contributed by atoms with Crippen LogP contribution in [0.2, 0.25) is 0 Å². The van der Waals surface area contributed by atoms with Crippen LogP contribution < -0.4 is 0 Å². The molecular weight excluding hydrogens is 83.0 g/mol. The lowest BCUT2D eigenvalue weighted by Crippen LogP contribution is -1.80. The molecule has 0 aromatic heterocycles. The summed E-state index contributed by atoms with van der Waals surface area (Å²) < 4.78 is 16.2. The minimum absolute atomic E-state index is 0.144. The summed E-state index contributed by atoms with van der Waals surface area (Å²) in [6.45, 7) is 0.631. The van der Waals surface area contributed by atoms with Crippen molar-refractivity contribution in [2.24, 2.45) is 0 Å². The van der Waals surface area contributed by atoms with Crippen molar-refractivity contribution in [3.05, 3.63) is 11.9 Å². The highest BCUT2D eigenvalue weighted by Gasteiger charge is 1.99. The molecule has 1 nitrogen and oxygen atoms in total. The Morgan fingerprint density at radius 2 is 2.67 bits per heavy atom. The molecule has 1 aliphatic rings. The summed E-state index contributed by atoms with van der Waals surface area (Å²) in [5.74, 6) is -0.144. The first-order valence-corrected chi connectivity index (χ1v) is 1.82. The van der Waals surface area contributed by atoms with Crippen molar-refractivity contribution in [3.63, 3.8) is 0 Å². The van der Waals surface area contributed by atoms with E-state index in [2.05, 4.69) is 4.74 Å². The summed E-state index contributed by atoms with van der Waals surface area (Å²) >= 11 is 0. The Bertz CT molecular complexity index is 77.6. The Labute approximate surface area is 35.4 Å². The molecule has 0 unspecified atom stereocenters. The van der Waals surface area contributed by atoms with Crippen LogP contribution in [-0.4, -0.2) is 13.2 Å². The second kappa shape index (κ2) is 1.39. The molecule has 0 aliphatic carbocycles. The van der Waals surface area contributed by atoms with Crippen LogP contribution in [0.25, 0.3) is 0 Å². The summed E-state index contributed by atoms with van der Waals surface area (Å²) in [4.78, 5) is 0. The van der Waals surface area contributed by atoms with Gasteiger partial charge in [-0.15, -0.1) is 0 Å². The third kappa shape index (κ3) is 0.571. The number of rotatable bonds is 0. The van der Waals surface area contributed by atoms with Gasteiger partial charge in [0.15, 0.2) is 0 Å². The molecule has 6 heavy (non-hydrogen) atoms. The number of halogens is 1. The van der Waals surface area contributed by atoms with E-state index in [0.717, 1.165) is 0 Å². The first-order valence-electron chi connectivity index (χ1n) is 1.82. The van der Waals surface area contributed by atoms with E-state index in [1.54, 1.807) is 0 Å². The lowest BCUT2D eigenvalue weighted by atomic mass is 10.6. The molecule has 0 saturated carbocycles. The molecule has 1 aliphatic heterocycles. The second-order valence-corrected chi connectivity index (χ2v) is 1.17. The molecule has 0 amide bonds. The van der Waals surface area contributed by atoms with Crippen LogP contribution in [0.4, 0.5) is 4.39 Å². The third-order valence-electron chi connectivity index (χ3n) is 0.663. The van der Waals surface area contributed by atoms with Gasteiger partial charge >= 0.3 is 0 Å². The standard InChI is InChI=1S/C4H5FO/c5-4-1-2-6-3-4/h1H,2-3H2. The number of ether oxygens (including phenoxy) is 1. The summed E-state index contributed by atoms with van der Waals surface area (Å²) in [7, 11) is 0. The van der Waals surface area contributed by atoms with E-state index in [0.29, 0.717) is 6.61 Å². The minimum atomic E-state index is -0.144. The lowest BCUT2D eigenvalue weighted by Gasteiger charge is -1.80. The summed E-state index contributed by atoms with van der Waals surface area (Å²) in [6.07, 6.45) is 1.43. The fraction of sp³-hybridized carbons (Fsp3) is 0.500. The summed E-state index contributed by atoms with van der Waals surface area (Å²) in [5, 5.41) is 0. The molecule has 0 radical (unpaired) electrons. The molecule has 0 N–H and O–H groups in total. The zero-order valence-electron chi connectivity index (χ0n) is 3.28. The van der Waals surface area contributed by atoms with E-state index in [1.165, 1.54) is 6.08 Å². The van der Waals surface area contributed by atoms with Crippen molar-refractivity contribution in [1.29, 1.82) is 0 Å². The summed E-state index contributed by atoms with van der Waals surface area (Å²) in [5.41, 5.74) is 0. The lowest BCUT2D eigenvalue weighted by molar-refractivity contribution is 0.197. The molecule has 0 spiro atoms. The Morgan fingerprint density at radius 3 is 2.83 bits per heavy atom. The molecule has 0 aromatic carbocycles. The minimum Gasteiger partial charge on any atom is -0.370 e. The Hall–Kier alpha value is -0.370. The molecule has 0 saturated heterocycles. The SMILES string of the molecule is FC1=CCOC1. The topological polar surface area (TPSA) is 9.23 Å². The summed E-state index contributed by atoms with van der Waals surface area (Å²) in [6, 6.07) is 0. The average molecular weight is 88.1 g/mol. The van der Waals surface area contributed by atoms with Gasteiger partial charge < -0.3 is 4.74 Å². The zero-order chi connectivity index (χ0) is 4.41. The molecule has 34 valence electrons. The normalized spacial score (nSPS) is 21.2. The fourth-order valence-corrected chi connectivity index (χ4v) is 0.365. The maximum atomic E-state index is 11.7. The molecular formula is C4H5FO. The highest BCUT2D eigenvalue weighted by Crippen LogP contribution is 2.02. The quantitative estimate of drug-likeness (QED) is 0.427. The van der Waals surface area contributed by atoms with E-state index in [-0.39, 0.29) is 12.4 Å². The first-order chi connectivity index (χ1) is 2.89. The largest absolute Gasteiger partial charge is 0.370 e. The van der Waals surface area contributed by atoms with Crippen LogP contribution in [0.5, 0.6) is 0 Å². The highest BCUT2D eigenvalue weighted by molar-refractivity contribution is 4.96. The van der Waals surface area contributed by atoms with Gasteiger partial charge in [0.2, 0.25) is 0 Å². The van der Waals surface area contributed by atoms with Gasteiger partial charge in [-0.05, 0) is 6.08 Å². The zero-order valence-corrected chi connectivity index (χ0v) is 3.28. The van der Waals surface area contributed by atoms with Crippen molar-refractivity contribution < 1.29 is 9.13 Å². The van der Waals surface area contributed by atoms with Gasteiger partial charge in [-0.1, -0.05) is 0 Å². The van der Waals surface area contributed by atoms with E-state index in [4.69, 9.17) is 0 Å². The highest BCUT2D eigenvalue weighted by atomic mass is 19.1. The van der Waals surface area contributed by atoms with Crippen LogP contribution in [-0.2, 0) is 4.74 Å². The van der Waals surface area contributed by atoms with Crippen LogP contribution in [0.1, 0.15) is 0 Å². The van der Waals surface area contributed by atoms with Crippen LogP contribution in [0, 0.1) is 0 Å². The molecule has 1 rings (SSSR count). The predicted octanol–water partition coefficient (Wildman–Crippen LogP) is 0.870. The van der Waals surface area contributed by atoms with E-state index < -0.39 is 0 Å². The smallest absolute Gasteiger partial charge is 0.124 e. The Balaban J connectivity index is 2.45. The van der Waals surface area contributed by atoms with Crippen molar-refractivity contribution in [1.82, 2.24) is 0 Å². The maximum Gasteiger partial charge on any atom is 0.124 e. The molecule has 0 aromatic rings. The molecule has 0 atom stereocenters. The number of hydrogen-bond acceptors (Lipinski definition) is 1. The van der Waals surface area contributed by atoms with Crippen molar-refractivity contribution in [2.45, 2.75) is 0 Å². The Kier molecular flexibility index (Phi) is 0.881. The van der Waals surface area contributed by atoms with Gasteiger partial charge in [0.05, 0.1) is 13.2 Å². The van der Waals surface area contributed by atoms with Crippen LogP contribution in [0.15, 0.2) is 11.9 Å². The van der Waals surface area contributed by atoms with Gasteiger partial charge in [0.1, 0.15) is 5.83 Å². The monoisotopic (exact) mass is 88.0 g/mol. The van der Waals surface area contributed by atoms with Crippen molar-refractivity contribution in [2.75, 3.05) is 13.2 Å².